The first kappa shape index (κ1) is 13.1. The minimum absolute atomic E-state index is 0.215. The van der Waals surface area contributed by atoms with Crippen molar-refractivity contribution in [2.75, 3.05) is 5.75 Å². The molecule has 2 aromatic carbocycles. The molecule has 2 aromatic rings. The highest BCUT2D eigenvalue weighted by molar-refractivity contribution is 7.98. The Balaban J connectivity index is 1.80. The Hall–Kier alpha value is -1.32. The van der Waals surface area contributed by atoms with Gasteiger partial charge in [0.1, 0.15) is 5.82 Å². The topological polar surface area (TPSA) is 20.2 Å². The molecule has 18 heavy (non-hydrogen) atoms. The highest BCUT2D eigenvalue weighted by Gasteiger charge is 2.06. The predicted octanol–water partition coefficient (Wildman–Crippen LogP) is 3.79. The van der Waals surface area contributed by atoms with Gasteiger partial charge in [0.2, 0.25) is 0 Å². The summed E-state index contributed by atoms with van der Waals surface area (Å²) in [7, 11) is 0. The van der Waals surface area contributed by atoms with Crippen LogP contribution in [0, 0.1) is 5.82 Å². The molecule has 1 N–H and O–H groups in total. The molecule has 0 fully saturated rings. The van der Waals surface area contributed by atoms with Gasteiger partial charge in [0.15, 0.2) is 0 Å². The Kier molecular flexibility index (Phi) is 4.79. The quantitative estimate of drug-likeness (QED) is 0.884. The van der Waals surface area contributed by atoms with Crippen molar-refractivity contribution in [2.24, 2.45) is 0 Å². The van der Waals surface area contributed by atoms with E-state index in [0.29, 0.717) is 5.75 Å². The summed E-state index contributed by atoms with van der Waals surface area (Å²) >= 11 is 1.64. The largest absolute Gasteiger partial charge is 0.388 e. The zero-order valence-corrected chi connectivity index (χ0v) is 10.7. The van der Waals surface area contributed by atoms with E-state index in [1.54, 1.807) is 23.9 Å². The molecule has 1 nitrogen and oxygen atoms in total. The van der Waals surface area contributed by atoms with Crippen LogP contribution in [0.2, 0.25) is 0 Å². The van der Waals surface area contributed by atoms with E-state index in [1.165, 1.54) is 12.1 Å². The van der Waals surface area contributed by atoms with Crippen LogP contribution in [-0.2, 0) is 5.75 Å². The van der Waals surface area contributed by atoms with Crippen molar-refractivity contribution in [3.8, 4) is 0 Å². The lowest BCUT2D eigenvalue weighted by molar-refractivity contribution is 0.204. The Labute approximate surface area is 111 Å². The number of benzene rings is 2. The van der Waals surface area contributed by atoms with Crippen LogP contribution < -0.4 is 0 Å². The Morgan fingerprint density at radius 3 is 2.33 bits per heavy atom. The average molecular weight is 262 g/mol. The van der Waals surface area contributed by atoms with Crippen molar-refractivity contribution >= 4 is 11.8 Å². The molecule has 0 radical (unpaired) electrons. The van der Waals surface area contributed by atoms with Crippen molar-refractivity contribution < 1.29 is 9.50 Å². The van der Waals surface area contributed by atoms with E-state index in [0.717, 1.165) is 16.9 Å². The van der Waals surface area contributed by atoms with Gasteiger partial charge in [-0.1, -0.05) is 42.5 Å². The van der Waals surface area contributed by atoms with Gasteiger partial charge in [-0.3, -0.25) is 0 Å². The maximum atomic E-state index is 12.7. The third-order valence-corrected chi connectivity index (χ3v) is 3.73. The number of thioether (sulfide) groups is 1. The van der Waals surface area contributed by atoms with E-state index >= 15 is 0 Å². The van der Waals surface area contributed by atoms with E-state index in [-0.39, 0.29) is 5.82 Å². The number of aliphatic hydroxyl groups is 1. The second-order valence-electron chi connectivity index (χ2n) is 4.07. The molecule has 0 spiro atoms. The molecule has 0 aromatic heterocycles. The van der Waals surface area contributed by atoms with E-state index in [1.807, 2.05) is 30.3 Å². The SMILES string of the molecule is OC(CSCc1ccc(F)cc1)c1ccccc1. The van der Waals surface area contributed by atoms with Gasteiger partial charge in [-0.05, 0) is 23.3 Å². The molecule has 0 aliphatic rings. The van der Waals surface area contributed by atoms with E-state index in [9.17, 15) is 9.50 Å². The molecule has 0 amide bonds. The summed E-state index contributed by atoms with van der Waals surface area (Å²) in [6.07, 6.45) is -0.448. The monoisotopic (exact) mass is 262 g/mol. The van der Waals surface area contributed by atoms with Crippen molar-refractivity contribution in [1.29, 1.82) is 0 Å². The number of hydrogen-bond donors (Lipinski definition) is 1. The van der Waals surface area contributed by atoms with Crippen LogP contribution in [-0.4, -0.2) is 10.9 Å². The van der Waals surface area contributed by atoms with Crippen LogP contribution in [0.3, 0.4) is 0 Å². The number of aliphatic hydroxyl groups excluding tert-OH is 1. The molecule has 0 heterocycles. The Bertz CT molecular complexity index is 470. The van der Waals surface area contributed by atoms with Crippen LogP contribution in [0.25, 0.3) is 0 Å². The first-order valence-corrected chi connectivity index (χ1v) is 6.96. The lowest BCUT2D eigenvalue weighted by Gasteiger charge is -2.10. The molecule has 94 valence electrons. The Morgan fingerprint density at radius 1 is 1.00 bits per heavy atom. The zero-order chi connectivity index (χ0) is 12.8. The molecule has 0 saturated heterocycles. The van der Waals surface area contributed by atoms with Crippen molar-refractivity contribution in [2.45, 2.75) is 11.9 Å². The lowest BCUT2D eigenvalue weighted by atomic mass is 10.1. The molecule has 2 rings (SSSR count). The van der Waals surface area contributed by atoms with Crippen LogP contribution in [0.4, 0.5) is 4.39 Å². The van der Waals surface area contributed by atoms with Crippen molar-refractivity contribution in [1.82, 2.24) is 0 Å². The summed E-state index contributed by atoms with van der Waals surface area (Å²) < 4.78 is 12.7. The van der Waals surface area contributed by atoms with E-state index < -0.39 is 6.10 Å². The zero-order valence-electron chi connectivity index (χ0n) is 9.92. The molecule has 0 aliphatic heterocycles. The van der Waals surface area contributed by atoms with Gasteiger partial charge in [-0.15, -0.1) is 0 Å². The minimum atomic E-state index is -0.448. The molecule has 3 heteroatoms. The van der Waals surface area contributed by atoms with Crippen LogP contribution in [0.5, 0.6) is 0 Å². The van der Waals surface area contributed by atoms with Gasteiger partial charge in [0.25, 0.3) is 0 Å². The molecule has 0 saturated carbocycles. The highest BCUT2D eigenvalue weighted by atomic mass is 32.2. The molecular weight excluding hydrogens is 247 g/mol. The van der Waals surface area contributed by atoms with Crippen molar-refractivity contribution in [3.63, 3.8) is 0 Å². The number of hydrogen-bond acceptors (Lipinski definition) is 2. The van der Waals surface area contributed by atoms with Gasteiger partial charge < -0.3 is 5.11 Å². The summed E-state index contributed by atoms with van der Waals surface area (Å²) in [5.74, 6) is 1.21. The van der Waals surface area contributed by atoms with Crippen LogP contribution >= 0.6 is 11.8 Å². The fourth-order valence-corrected chi connectivity index (χ4v) is 2.60. The first-order valence-electron chi connectivity index (χ1n) is 5.81. The third-order valence-electron chi connectivity index (χ3n) is 2.64. The van der Waals surface area contributed by atoms with E-state index in [2.05, 4.69) is 0 Å². The predicted molar refractivity (Wildman–Crippen MR) is 74.0 cm³/mol. The fraction of sp³-hybridized carbons (Fsp3) is 0.200. The maximum absolute atomic E-state index is 12.7. The number of rotatable bonds is 5. The molecule has 1 unspecified atom stereocenters. The number of halogens is 1. The third kappa shape index (κ3) is 3.86. The van der Waals surface area contributed by atoms with Gasteiger partial charge in [-0.2, -0.15) is 11.8 Å². The second-order valence-corrected chi connectivity index (χ2v) is 5.10. The molecule has 1 atom stereocenters. The second kappa shape index (κ2) is 6.57. The standard InChI is InChI=1S/C15H15FOS/c16-14-8-6-12(7-9-14)10-18-11-15(17)13-4-2-1-3-5-13/h1-9,15,17H,10-11H2. The van der Waals surface area contributed by atoms with Gasteiger partial charge >= 0.3 is 0 Å². The summed E-state index contributed by atoms with van der Waals surface area (Å²) in [6.45, 7) is 0. The van der Waals surface area contributed by atoms with Gasteiger partial charge in [0, 0.05) is 11.5 Å². The first-order chi connectivity index (χ1) is 8.75. The molecule has 0 bridgehead atoms. The fourth-order valence-electron chi connectivity index (χ4n) is 1.64. The summed E-state index contributed by atoms with van der Waals surface area (Å²) in [5, 5.41) is 9.96. The maximum Gasteiger partial charge on any atom is 0.123 e. The minimum Gasteiger partial charge on any atom is -0.388 e. The highest BCUT2D eigenvalue weighted by Crippen LogP contribution is 2.21. The summed E-state index contributed by atoms with van der Waals surface area (Å²) in [5.41, 5.74) is 2.01. The smallest absolute Gasteiger partial charge is 0.123 e. The summed E-state index contributed by atoms with van der Waals surface area (Å²) in [4.78, 5) is 0. The van der Waals surface area contributed by atoms with Crippen LogP contribution in [0.15, 0.2) is 54.6 Å². The van der Waals surface area contributed by atoms with Crippen molar-refractivity contribution in [3.05, 3.63) is 71.5 Å². The lowest BCUT2D eigenvalue weighted by Crippen LogP contribution is -2.00. The molecule has 0 aliphatic carbocycles. The normalized spacial score (nSPS) is 12.3. The molecular formula is C15H15FOS. The van der Waals surface area contributed by atoms with Gasteiger partial charge in [-0.25, -0.2) is 4.39 Å². The summed E-state index contributed by atoms with van der Waals surface area (Å²) in [6, 6.07) is 16.1. The Morgan fingerprint density at radius 2 is 1.67 bits per heavy atom. The van der Waals surface area contributed by atoms with E-state index in [4.69, 9.17) is 0 Å². The average Bonchev–Trinajstić information content (AvgIpc) is 2.42. The van der Waals surface area contributed by atoms with Gasteiger partial charge in [0.05, 0.1) is 6.10 Å². The van der Waals surface area contributed by atoms with Crippen LogP contribution in [0.1, 0.15) is 17.2 Å².